The fourth-order valence-corrected chi connectivity index (χ4v) is 2.95. The van der Waals surface area contributed by atoms with Crippen LogP contribution in [0.1, 0.15) is 44.2 Å². The van der Waals surface area contributed by atoms with Crippen LogP contribution >= 0.6 is 0 Å². The molecule has 0 bridgehead atoms. The van der Waals surface area contributed by atoms with E-state index in [-0.39, 0.29) is 11.9 Å². The molecule has 0 saturated carbocycles. The Balaban J connectivity index is 1.95. The molecule has 3 aromatic rings. The quantitative estimate of drug-likeness (QED) is 0.706. The number of carbonyl (C=O) groups is 1. The van der Waals surface area contributed by atoms with Gasteiger partial charge in [0.05, 0.1) is 6.04 Å². The standard InChI is InChI=1S/C23H23NO/c1-16-8-7-11-20(14-16)22(19-9-5-4-6-10-19)24-23(25)21-13-12-17(2)18(3)15-21/h4-15,22H,1-3H3,(H,24,25)/t22-/m1/s1. The maximum absolute atomic E-state index is 12.8. The van der Waals surface area contributed by atoms with Gasteiger partial charge in [0.1, 0.15) is 0 Å². The summed E-state index contributed by atoms with van der Waals surface area (Å²) in [5.41, 5.74) is 6.35. The van der Waals surface area contributed by atoms with Crippen LogP contribution in [0.25, 0.3) is 0 Å². The van der Waals surface area contributed by atoms with Crippen molar-refractivity contribution < 1.29 is 4.79 Å². The second kappa shape index (κ2) is 7.35. The number of rotatable bonds is 4. The van der Waals surface area contributed by atoms with Gasteiger partial charge in [-0.1, -0.05) is 66.2 Å². The van der Waals surface area contributed by atoms with E-state index in [2.05, 4.69) is 37.4 Å². The van der Waals surface area contributed by atoms with Gasteiger partial charge in [0.25, 0.3) is 5.91 Å². The van der Waals surface area contributed by atoms with Crippen LogP contribution in [0.15, 0.2) is 72.8 Å². The molecule has 1 atom stereocenters. The van der Waals surface area contributed by atoms with E-state index < -0.39 is 0 Å². The lowest BCUT2D eigenvalue weighted by Gasteiger charge is -2.20. The molecule has 1 amide bonds. The van der Waals surface area contributed by atoms with Gasteiger partial charge in [0.2, 0.25) is 0 Å². The van der Waals surface area contributed by atoms with E-state index in [1.165, 1.54) is 11.1 Å². The Morgan fingerprint density at radius 2 is 1.48 bits per heavy atom. The average molecular weight is 329 g/mol. The number of carbonyl (C=O) groups excluding carboxylic acids is 1. The predicted molar refractivity (Wildman–Crippen MR) is 103 cm³/mol. The first-order valence-corrected chi connectivity index (χ1v) is 8.54. The second-order valence-electron chi connectivity index (χ2n) is 6.53. The molecule has 0 aliphatic carbocycles. The van der Waals surface area contributed by atoms with Gasteiger partial charge in [-0.3, -0.25) is 4.79 Å². The van der Waals surface area contributed by atoms with Crippen LogP contribution in [0, 0.1) is 20.8 Å². The second-order valence-corrected chi connectivity index (χ2v) is 6.53. The Kier molecular flexibility index (Phi) is 4.99. The van der Waals surface area contributed by atoms with E-state index in [9.17, 15) is 4.79 Å². The van der Waals surface area contributed by atoms with Crippen molar-refractivity contribution in [1.82, 2.24) is 5.32 Å². The van der Waals surface area contributed by atoms with Crippen molar-refractivity contribution in [2.45, 2.75) is 26.8 Å². The molecule has 0 aromatic heterocycles. The highest BCUT2D eigenvalue weighted by atomic mass is 16.1. The maximum atomic E-state index is 12.8. The third kappa shape index (κ3) is 3.97. The van der Waals surface area contributed by atoms with Crippen molar-refractivity contribution in [1.29, 1.82) is 0 Å². The lowest BCUT2D eigenvalue weighted by Crippen LogP contribution is -2.29. The van der Waals surface area contributed by atoms with Gasteiger partial charge in [-0.25, -0.2) is 0 Å². The Labute approximate surface area is 149 Å². The summed E-state index contributed by atoms with van der Waals surface area (Å²) in [5, 5.41) is 3.20. The number of amides is 1. The Morgan fingerprint density at radius 1 is 0.760 bits per heavy atom. The van der Waals surface area contributed by atoms with Gasteiger partial charge in [-0.2, -0.15) is 0 Å². The van der Waals surface area contributed by atoms with Crippen molar-refractivity contribution in [2.75, 3.05) is 0 Å². The molecule has 1 N–H and O–H groups in total. The first kappa shape index (κ1) is 17.0. The molecule has 0 aliphatic heterocycles. The summed E-state index contributed by atoms with van der Waals surface area (Å²) < 4.78 is 0. The van der Waals surface area contributed by atoms with Crippen LogP contribution < -0.4 is 5.32 Å². The Hall–Kier alpha value is -2.87. The molecule has 0 unspecified atom stereocenters. The largest absolute Gasteiger partial charge is 0.341 e. The zero-order valence-corrected chi connectivity index (χ0v) is 14.9. The van der Waals surface area contributed by atoms with Gasteiger partial charge in [-0.05, 0) is 55.2 Å². The van der Waals surface area contributed by atoms with Crippen molar-refractivity contribution in [3.63, 3.8) is 0 Å². The Bertz CT molecular complexity index is 884. The number of hydrogen-bond acceptors (Lipinski definition) is 1. The highest BCUT2D eigenvalue weighted by molar-refractivity contribution is 5.95. The summed E-state index contributed by atoms with van der Waals surface area (Å²) in [6.07, 6.45) is 0. The van der Waals surface area contributed by atoms with Gasteiger partial charge in [0, 0.05) is 5.56 Å². The van der Waals surface area contributed by atoms with E-state index in [1.54, 1.807) is 0 Å². The predicted octanol–water partition coefficient (Wildman–Crippen LogP) is 5.13. The molecule has 2 heteroatoms. The molecule has 3 aromatic carbocycles. The highest BCUT2D eigenvalue weighted by Gasteiger charge is 2.18. The maximum Gasteiger partial charge on any atom is 0.252 e. The summed E-state index contributed by atoms with van der Waals surface area (Å²) in [6, 6.07) is 24.0. The van der Waals surface area contributed by atoms with Crippen LogP contribution in [-0.4, -0.2) is 5.91 Å². The smallest absolute Gasteiger partial charge is 0.252 e. The molecule has 3 rings (SSSR count). The van der Waals surface area contributed by atoms with Gasteiger partial charge in [0.15, 0.2) is 0 Å². The van der Waals surface area contributed by atoms with Crippen LogP contribution in [0.2, 0.25) is 0 Å². The summed E-state index contributed by atoms with van der Waals surface area (Å²) in [5.74, 6) is -0.0570. The molecule has 0 radical (unpaired) electrons. The van der Waals surface area contributed by atoms with Gasteiger partial charge in [-0.15, -0.1) is 0 Å². The first-order chi connectivity index (χ1) is 12.0. The zero-order valence-electron chi connectivity index (χ0n) is 14.9. The minimum Gasteiger partial charge on any atom is -0.341 e. The van der Waals surface area contributed by atoms with Gasteiger partial charge >= 0.3 is 0 Å². The van der Waals surface area contributed by atoms with E-state index in [1.807, 2.05) is 61.5 Å². The van der Waals surface area contributed by atoms with E-state index >= 15 is 0 Å². The summed E-state index contributed by atoms with van der Waals surface area (Å²) in [7, 11) is 0. The summed E-state index contributed by atoms with van der Waals surface area (Å²) >= 11 is 0. The number of hydrogen-bond donors (Lipinski definition) is 1. The van der Waals surface area contributed by atoms with Crippen LogP contribution in [0.5, 0.6) is 0 Å². The molecule has 0 saturated heterocycles. The molecule has 126 valence electrons. The van der Waals surface area contributed by atoms with Crippen LogP contribution in [0.3, 0.4) is 0 Å². The van der Waals surface area contributed by atoms with Gasteiger partial charge < -0.3 is 5.32 Å². The third-order valence-corrected chi connectivity index (χ3v) is 4.55. The topological polar surface area (TPSA) is 29.1 Å². The normalized spacial score (nSPS) is 11.8. The summed E-state index contributed by atoms with van der Waals surface area (Å²) in [4.78, 5) is 12.8. The van der Waals surface area contributed by atoms with Crippen LogP contribution in [-0.2, 0) is 0 Å². The van der Waals surface area contributed by atoms with Crippen molar-refractivity contribution in [3.05, 3.63) is 106 Å². The van der Waals surface area contributed by atoms with E-state index in [4.69, 9.17) is 0 Å². The molecule has 2 nitrogen and oxygen atoms in total. The molecular weight excluding hydrogens is 306 g/mol. The minimum atomic E-state index is -0.171. The SMILES string of the molecule is Cc1cccc([C@H](NC(=O)c2ccc(C)c(C)c2)c2ccccc2)c1. The number of nitrogens with one attached hydrogen (secondary N) is 1. The average Bonchev–Trinajstić information content (AvgIpc) is 2.62. The molecule has 0 heterocycles. The van der Waals surface area contributed by atoms with Crippen molar-refractivity contribution >= 4 is 5.91 Å². The monoisotopic (exact) mass is 329 g/mol. The minimum absolute atomic E-state index is 0.0570. The van der Waals surface area contributed by atoms with E-state index in [0.29, 0.717) is 5.56 Å². The Morgan fingerprint density at radius 3 is 2.16 bits per heavy atom. The first-order valence-electron chi connectivity index (χ1n) is 8.54. The molecule has 25 heavy (non-hydrogen) atoms. The lowest BCUT2D eigenvalue weighted by molar-refractivity contribution is 0.0943. The molecular formula is C23H23NO. The van der Waals surface area contributed by atoms with Crippen LogP contribution in [0.4, 0.5) is 0 Å². The highest BCUT2D eigenvalue weighted by Crippen LogP contribution is 2.23. The number of aryl methyl sites for hydroxylation is 3. The van der Waals surface area contributed by atoms with E-state index in [0.717, 1.165) is 16.7 Å². The lowest BCUT2D eigenvalue weighted by atomic mass is 9.96. The molecule has 0 spiro atoms. The fraction of sp³-hybridized carbons (Fsp3) is 0.174. The zero-order chi connectivity index (χ0) is 17.8. The number of benzene rings is 3. The van der Waals surface area contributed by atoms with Crippen molar-refractivity contribution in [3.8, 4) is 0 Å². The fourth-order valence-electron chi connectivity index (χ4n) is 2.95. The summed E-state index contributed by atoms with van der Waals surface area (Å²) in [6.45, 7) is 6.15. The molecule has 0 aliphatic rings. The van der Waals surface area contributed by atoms with Crippen molar-refractivity contribution in [2.24, 2.45) is 0 Å². The molecule has 0 fully saturated rings. The third-order valence-electron chi connectivity index (χ3n) is 4.55.